The molecule has 0 saturated carbocycles. The Bertz CT molecular complexity index is 677. The number of unbranched alkanes of at least 4 members (excludes halogenated alkanes) is 1. The number of pyridine rings is 1. The van der Waals surface area contributed by atoms with Gasteiger partial charge in [-0.1, -0.05) is 19.4 Å². The topological polar surface area (TPSA) is 49.8 Å². The lowest BCUT2D eigenvalue weighted by Crippen LogP contribution is -2.38. The van der Waals surface area contributed by atoms with Crippen molar-refractivity contribution in [3.63, 3.8) is 0 Å². The van der Waals surface area contributed by atoms with E-state index in [0.29, 0.717) is 18.2 Å². The second-order valence-corrected chi connectivity index (χ2v) is 5.74. The molecule has 5 nitrogen and oxygen atoms in total. The van der Waals surface area contributed by atoms with Gasteiger partial charge < -0.3 is 15.0 Å². The lowest BCUT2D eigenvalue weighted by Gasteiger charge is -2.21. The Balaban J connectivity index is 0.00000338. The Morgan fingerprint density at radius 3 is 2.54 bits per heavy atom. The van der Waals surface area contributed by atoms with Crippen LogP contribution in [0, 0.1) is 5.82 Å². The zero-order valence-electron chi connectivity index (χ0n) is 15.4. The van der Waals surface area contributed by atoms with Crippen molar-refractivity contribution < 1.29 is 9.13 Å². The third-order valence-corrected chi connectivity index (χ3v) is 3.70. The average Bonchev–Trinajstić information content (AvgIpc) is 2.63. The molecule has 0 unspecified atom stereocenters. The third-order valence-electron chi connectivity index (χ3n) is 3.70. The van der Waals surface area contributed by atoms with Crippen LogP contribution in [0.1, 0.15) is 25.3 Å². The molecule has 1 N–H and O–H groups in total. The van der Waals surface area contributed by atoms with Crippen LogP contribution in [0.5, 0.6) is 11.6 Å². The molecule has 1 heterocycles. The van der Waals surface area contributed by atoms with Crippen molar-refractivity contribution in [1.82, 2.24) is 15.2 Å². The van der Waals surface area contributed by atoms with Gasteiger partial charge in [0, 0.05) is 39.4 Å². The summed E-state index contributed by atoms with van der Waals surface area (Å²) < 4.78 is 18.5. The highest BCUT2D eigenvalue weighted by atomic mass is 127. The Hall–Kier alpha value is -1.90. The van der Waals surface area contributed by atoms with Crippen LogP contribution in [-0.2, 0) is 6.54 Å². The first-order chi connectivity index (χ1) is 12.1. The number of rotatable bonds is 7. The van der Waals surface area contributed by atoms with Gasteiger partial charge >= 0.3 is 0 Å². The normalized spacial score (nSPS) is 10.8. The van der Waals surface area contributed by atoms with Gasteiger partial charge in [0.2, 0.25) is 5.88 Å². The first-order valence-corrected chi connectivity index (χ1v) is 8.42. The molecule has 7 heteroatoms. The molecule has 2 rings (SSSR count). The molecule has 0 aliphatic carbocycles. The summed E-state index contributed by atoms with van der Waals surface area (Å²) in [5, 5.41) is 3.32. The molecule has 26 heavy (non-hydrogen) atoms. The third kappa shape index (κ3) is 7.15. The summed E-state index contributed by atoms with van der Waals surface area (Å²) in [5.74, 6) is 1.59. The quantitative estimate of drug-likeness (QED) is 0.368. The summed E-state index contributed by atoms with van der Waals surface area (Å²) in [6.07, 6.45) is 4.04. The molecule has 0 radical (unpaired) electrons. The van der Waals surface area contributed by atoms with Gasteiger partial charge in [0.05, 0.1) is 0 Å². The number of guanidine groups is 1. The van der Waals surface area contributed by atoms with Crippen molar-refractivity contribution in [3.05, 3.63) is 54.0 Å². The van der Waals surface area contributed by atoms with Gasteiger partial charge in [-0.25, -0.2) is 9.37 Å². The van der Waals surface area contributed by atoms with E-state index in [9.17, 15) is 4.39 Å². The number of aliphatic imine (C=N–C) groups is 1. The van der Waals surface area contributed by atoms with Crippen molar-refractivity contribution in [3.8, 4) is 11.6 Å². The minimum absolute atomic E-state index is 0. The van der Waals surface area contributed by atoms with E-state index in [2.05, 4.69) is 27.1 Å². The van der Waals surface area contributed by atoms with E-state index in [1.165, 1.54) is 12.1 Å². The Labute approximate surface area is 171 Å². The maximum absolute atomic E-state index is 12.9. The lowest BCUT2D eigenvalue weighted by molar-refractivity contribution is 0.459. The minimum Gasteiger partial charge on any atom is -0.439 e. The summed E-state index contributed by atoms with van der Waals surface area (Å²) in [7, 11) is 3.81. The largest absolute Gasteiger partial charge is 0.439 e. The Kier molecular flexibility index (Phi) is 9.93. The molecular formula is C19H26FIN4O. The van der Waals surface area contributed by atoms with E-state index in [4.69, 9.17) is 4.74 Å². The summed E-state index contributed by atoms with van der Waals surface area (Å²) in [6.45, 7) is 3.77. The second kappa shape index (κ2) is 11.7. The average molecular weight is 472 g/mol. The number of nitrogens with one attached hydrogen (secondary N) is 1. The first-order valence-electron chi connectivity index (χ1n) is 8.42. The van der Waals surface area contributed by atoms with E-state index in [1.54, 1.807) is 31.4 Å². The number of hydrogen-bond acceptors (Lipinski definition) is 3. The molecule has 2 aromatic rings. The molecule has 1 aromatic heterocycles. The van der Waals surface area contributed by atoms with Crippen LogP contribution in [0.2, 0.25) is 0 Å². The maximum atomic E-state index is 12.9. The number of benzene rings is 1. The number of hydrogen-bond donors (Lipinski definition) is 1. The van der Waals surface area contributed by atoms with Gasteiger partial charge in [0.25, 0.3) is 0 Å². The highest BCUT2D eigenvalue weighted by Gasteiger charge is 2.05. The Morgan fingerprint density at radius 1 is 1.23 bits per heavy atom. The summed E-state index contributed by atoms with van der Waals surface area (Å²) in [5.41, 5.74) is 1.02. The highest BCUT2D eigenvalue weighted by molar-refractivity contribution is 14.0. The molecule has 1 aromatic carbocycles. The van der Waals surface area contributed by atoms with Gasteiger partial charge in [-0.3, -0.25) is 4.99 Å². The smallest absolute Gasteiger partial charge is 0.219 e. The molecule has 142 valence electrons. The van der Waals surface area contributed by atoms with Gasteiger partial charge in [0.1, 0.15) is 11.6 Å². The van der Waals surface area contributed by atoms with Crippen LogP contribution in [0.25, 0.3) is 0 Å². The SMILES string of the molecule is CCCCN(C)C(=NC)NCc1ccc(Oc2ccc(F)cc2)nc1.I. The zero-order chi connectivity index (χ0) is 18.1. The zero-order valence-corrected chi connectivity index (χ0v) is 17.7. The van der Waals surface area contributed by atoms with Crippen LogP contribution in [-0.4, -0.2) is 36.5 Å². The molecule has 0 aliphatic rings. The van der Waals surface area contributed by atoms with Gasteiger partial charge in [-0.15, -0.1) is 24.0 Å². The number of ether oxygens (including phenoxy) is 1. The summed E-state index contributed by atoms with van der Waals surface area (Å²) in [4.78, 5) is 10.7. The lowest BCUT2D eigenvalue weighted by atomic mass is 10.3. The van der Waals surface area contributed by atoms with E-state index >= 15 is 0 Å². The second-order valence-electron chi connectivity index (χ2n) is 5.74. The monoisotopic (exact) mass is 472 g/mol. The standard InChI is InChI=1S/C19H25FN4O.HI/c1-4-5-12-24(3)19(21-2)23-14-15-6-11-18(22-13-15)25-17-9-7-16(20)8-10-17;/h6-11,13H,4-5,12,14H2,1-3H3,(H,21,23);1H. The van der Waals surface area contributed by atoms with Crippen LogP contribution in [0.4, 0.5) is 4.39 Å². The molecular weight excluding hydrogens is 446 g/mol. The summed E-state index contributed by atoms with van der Waals surface area (Å²) in [6, 6.07) is 9.59. The Morgan fingerprint density at radius 2 is 1.96 bits per heavy atom. The van der Waals surface area contributed by atoms with Crippen molar-refractivity contribution in [2.24, 2.45) is 4.99 Å². The number of halogens is 2. The molecule has 0 amide bonds. The molecule has 0 spiro atoms. The van der Waals surface area contributed by atoms with Gasteiger partial charge in [-0.05, 0) is 36.2 Å². The van der Waals surface area contributed by atoms with Gasteiger partial charge in [-0.2, -0.15) is 0 Å². The van der Waals surface area contributed by atoms with Crippen LogP contribution in [0.15, 0.2) is 47.6 Å². The number of aromatic nitrogens is 1. The predicted molar refractivity (Wildman–Crippen MR) is 114 cm³/mol. The molecule has 0 atom stereocenters. The maximum Gasteiger partial charge on any atom is 0.219 e. The molecule has 0 saturated heterocycles. The van der Waals surface area contributed by atoms with E-state index in [-0.39, 0.29) is 29.8 Å². The number of nitrogens with zero attached hydrogens (tertiary/aromatic N) is 3. The van der Waals surface area contributed by atoms with Crippen molar-refractivity contribution in [1.29, 1.82) is 0 Å². The van der Waals surface area contributed by atoms with Crippen molar-refractivity contribution in [2.45, 2.75) is 26.3 Å². The predicted octanol–water partition coefficient (Wildman–Crippen LogP) is 4.44. The fraction of sp³-hybridized carbons (Fsp3) is 0.368. The summed E-state index contributed by atoms with van der Waals surface area (Å²) >= 11 is 0. The van der Waals surface area contributed by atoms with Crippen molar-refractivity contribution in [2.75, 3.05) is 20.6 Å². The van der Waals surface area contributed by atoms with Gasteiger partial charge in [0.15, 0.2) is 5.96 Å². The highest BCUT2D eigenvalue weighted by Crippen LogP contribution is 2.19. The molecule has 0 bridgehead atoms. The fourth-order valence-electron chi connectivity index (χ4n) is 2.27. The van der Waals surface area contributed by atoms with Crippen LogP contribution in [0.3, 0.4) is 0 Å². The fourth-order valence-corrected chi connectivity index (χ4v) is 2.27. The van der Waals surface area contributed by atoms with Crippen LogP contribution >= 0.6 is 24.0 Å². The van der Waals surface area contributed by atoms with E-state index in [0.717, 1.165) is 30.9 Å². The molecule has 0 aliphatic heterocycles. The first kappa shape index (κ1) is 22.1. The van der Waals surface area contributed by atoms with E-state index in [1.807, 2.05) is 13.1 Å². The minimum atomic E-state index is -0.293. The van der Waals surface area contributed by atoms with Crippen LogP contribution < -0.4 is 10.1 Å². The van der Waals surface area contributed by atoms with E-state index < -0.39 is 0 Å². The molecule has 0 fully saturated rings. The van der Waals surface area contributed by atoms with Crippen molar-refractivity contribution >= 4 is 29.9 Å².